The lowest BCUT2D eigenvalue weighted by atomic mass is 10.2. The van der Waals surface area contributed by atoms with Crippen LogP contribution in [0.1, 0.15) is 11.3 Å². The monoisotopic (exact) mass is 397 g/mol. The molecule has 2 heterocycles. The summed E-state index contributed by atoms with van der Waals surface area (Å²) in [5, 5.41) is 6.94. The highest BCUT2D eigenvalue weighted by Gasteiger charge is 2.17. The van der Waals surface area contributed by atoms with Crippen LogP contribution in [0.25, 0.3) is 0 Å². The fourth-order valence-electron chi connectivity index (χ4n) is 1.98. The van der Waals surface area contributed by atoms with Crippen LogP contribution < -0.4 is 10.2 Å². The van der Waals surface area contributed by atoms with Gasteiger partial charge in [-0.3, -0.25) is 5.43 Å². The highest BCUT2D eigenvalue weighted by atomic mass is 79.9. The zero-order valence-corrected chi connectivity index (χ0v) is 14.9. The number of hydrogen-bond acceptors (Lipinski definition) is 7. The Hall–Kier alpha value is -1.48. The highest BCUT2D eigenvalue weighted by molar-refractivity contribution is 9.10. The average molecular weight is 398 g/mol. The number of halogens is 1. The van der Waals surface area contributed by atoms with Crippen LogP contribution in [0.3, 0.4) is 0 Å². The van der Waals surface area contributed by atoms with E-state index in [1.54, 1.807) is 6.21 Å². The van der Waals surface area contributed by atoms with E-state index in [0.717, 1.165) is 20.9 Å². The average Bonchev–Trinajstić information content (AvgIpc) is 3.18. The first-order valence-electron chi connectivity index (χ1n) is 7.07. The maximum Gasteiger partial charge on any atom is 0.203 e. The van der Waals surface area contributed by atoms with E-state index in [1.165, 1.54) is 11.3 Å². The van der Waals surface area contributed by atoms with Gasteiger partial charge in [-0.2, -0.15) is 5.10 Å². The second kappa shape index (κ2) is 7.87. The van der Waals surface area contributed by atoms with Gasteiger partial charge in [0, 0.05) is 15.4 Å². The third-order valence-electron chi connectivity index (χ3n) is 3.02. The zero-order valence-electron chi connectivity index (χ0n) is 12.5. The molecule has 0 atom stereocenters. The lowest BCUT2D eigenvalue weighted by molar-refractivity contribution is -0.0684. The summed E-state index contributed by atoms with van der Waals surface area (Å²) in [4.78, 5) is 4.29. The Kier molecular flexibility index (Phi) is 5.60. The number of nitrogens with one attached hydrogen (secondary N) is 1. The molecule has 1 N–H and O–H groups in total. The van der Waals surface area contributed by atoms with Gasteiger partial charge in [0.2, 0.25) is 5.13 Å². The number of hydrogen-bond donors (Lipinski definition) is 1. The maximum atomic E-state index is 5.78. The van der Waals surface area contributed by atoms with Gasteiger partial charge < -0.3 is 14.2 Å². The minimum atomic E-state index is -0.306. The quantitative estimate of drug-likeness (QED) is 0.597. The number of ether oxygens (including phenoxy) is 3. The molecule has 1 aliphatic rings. The van der Waals surface area contributed by atoms with Gasteiger partial charge in [-0.15, -0.1) is 11.3 Å². The summed E-state index contributed by atoms with van der Waals surface area (Å²) in [6.45, 7) is 3.51. The van der Waals surface area contributed by atoms with Crippen molar-refractivity contribution < 1.29 is 14.2 Å². The first-order valence-corrected chi connectivity index (χ1v) is 8.75. The molecule has 0 spiro atoms. The van der Waals surface area contributed by atoms with Gasteiger partial charge >= 0.3 is 0 Å². The lowest BCUT2D eigenvalue weighted by Crippen LogP contribution is -2.18. The van der Waals surface area contributed by atoms with Crippen molar-refractivity contribution in [3.63, 3.8) is 0 Å². The van der Waals surface area contributed by atoms with E-state index in [1.807, 2.05) is 30.5 Å². The summed E-state index contributed by atoms with van der Waals surface area (Å²) in [6.07, 6.45) is 1.40. The molecule has 1 saturated heterocycles. The first-order chi connectivity index (χ1) is 11.2. The minimum absolute atomic E-state index is 0.306. The molecule has 0 radical (unpaired) electrons. The summed E-state index contributed by atoms with van der Waals surface area (Å²) in [5.41, 5.74) is 4.73. The minimum Gasteiger partial charge on any atom is -0.488 e. The number of rotatable bonds is 6. The highest BCUT2D eigenvalue weighted by Crippen LogP contribution is 2.23. The number of anilines is 1. The summed E-state index contributed by atoms with van der Waals surface area (Å²) in [6, 6.07) is 5.73. The Morgan fingerprint density at radius 1 is 1.48 bits per heavy atom. The van der Waals surface area contributed by atoms with Crippen molar-refractivity contribution in [2.24, 2.45) is 5.10 Å². The molecule has 1 fully saturated rings. The van der Waals surface area contributed by atoms with Gasteiger partial charge in [0.25, 0.3) is 0 Å². The van der Waals surface area contributed by atoms with Crippen LogP contribution in [0.4, 0.5) is 5.13 Å². The van der Waals surface area contributed by atoms with Crippen LogP contribution >= 0.6 is 27.3 Å². The van der Waals surface area contributed by atoms with Gasteiger partial charge in [0.05, 0.1) is 25.1 Å². The van der Waals surface area contributed by atoms with Crippen molar-refractivity contribution in [2.45, 2.75) is 13.2 Å². The molecule has 3 rings (SSSR count). The molecular formula is C15H16BrN3O3S. The normalized spacial score (nSPS) is 15.4. The summed E-state index contributed by atoms with van der Waals surface area (Å²) >= 11 is 4.97. The molecule has 1 aromatic carbocycles. The topological polar surface area (TPSA) is 65.0 Å². The molecule has 23 heavy (non-hydrogen) atoms. The van der Waals surface area contributed by atoms with E-state index in [-0.39, 0.29) is 6.29 Å². The lowest BCUT2D eigenvalue weighted by Gasteiger charge is -2.13. The third kappa shape index (κ3) is 4.74. The fourth-order valence-corrected chi connectivity index (χ4v) is 2.99. The molecule has 0 amide bonds. The van der Waals surface area contributed by atoms with Crippen LogP contribution in [0.2, 0.25) is 0 Å². The van der Waals surface area contributed by atoms with Crippen molar-refractivity contribution in [2.75, 3.05) is 25.2 Å². The van der Waals surface area contributed by atoms with Gasteiger partial charge in [-0.25, -0.2) is 4.98 Å². The van der Waals surface area contributed by atoms with Crippen LogP contribution in [0.15, 0.2) is 33.2 Å². The molecule has 8 heteroatoms. The number of aromatic nitrogens is 1. The zero-order chi connectivity index (χ0) is 16.1. The Balaban J connectivity index is 1.65. The van der Waals surface area contributed by atoms with Crippen LogP contribution in [-0.4, -0.2) is 37.3 Å². The molecule has 122 valence electrons. The molecule has 0 saturated carbocycles. The van der Waals surface area contributed by atoms with Crippen molar-refractivity contribution in [1.29, 1.82) is 0 Å². The molecule has 1 aliphatic heterocycles. The van der Waals surface area contributed by atoms with E-state index in [0.29, 0.717) is 25.6 Å². The molecule has 0 unspecified atom stereocenters. The van der Waals surface area contributed by atoms with E-state index < -0.39 is 0 Å². The summed E-state index contributed by atoms with van der Waals surface area (Å²) in [7, 11) is 0. The Bertz CT molecular complexity index is 686. The number of nitrogens with zero attached hydrogens (tertiary/aromatic N) is 2. The van der Waals surface area contributed by atoms with Crippen molar-refractivity contribution in [3.8, 4) is 5.75 Å². The predicted molar refractivity (Wildman–Crippen MR) is 93.4 cm³/mol. The van der Waals surface area contributed by atoms with Gasteiger partial charge in [-0.1, -0.05) is 15.9 Å². The molecule has 6 nitrogen and oxygen atoms in total. The third-order valence-corrected chi connectivity index (χ3v) is 4.38. The summed E-state index contributed by atoms with van der Waals surface area (Å²) < 4.78 is 17.5. The van der Waals surface area contributed by atoms with Gasteiger partial charge in [0.15, 0.2) is 6.29 Å². The molecule has 0 aliphatic carbocycles. The smallest absolute Gasteiger partial charge is 0.203 e. The van der Waals surface area contributed by atoms with Crippen LogP contribution in [0.5, 0.6) is 5.75 Å². The number of aryl methyl sites for hydroxylation is 1. The standard InChI is InChI=1S/C15H16BrN3O3S/c1-10-9-23-15(18-10)19-17-7-11-6-12(16)2-3-13(11)22-8-14-20-4-5-21-14/h2-3,6-7,9,14H,4-5,8H2,1H3,(H,18,19). The number of hydrazone groups is 1. The molecule has 0 bridgehead atoms. The van der Waals surface area contributed by atoms with Gasteiger partial charge in [-0.05, 0) is 25.1 Å². The first kappa shape index (κ1) is 16.4. The SMILES string of the molecule is Cc1csc(NN=Cc2cc(Br)ccc2OCC2OCCO2)n1. The van der Waals surface area contributed by atoms with Crippen LogP contribution in [-0.2, 0) is 9.47 Å². The van der Waals surface area contributed by atoms with Crippen molar-refractivity contribution >= 4 is 38.6 Å². The van der Waals surface area contributed by atoms with E-state index in [2.05, 4.69) is 31.4 Å². The predicted octanol–water partition coefficient (Wildman–Crippen LogP) is 3.41. The van der Waals surface area contributed by atoms with E-state index in [4.69, 9.17) is 14.2 Å². The van der Waals surface area contributed by atoms with Gasteiger partial charge in [0.1, 0.15) is 12.4 Å². The largest absolute Gasteiger partial charge is 0.488 e. The second-order valence-electron chi connectivity index (χ2n) is 4.83. The molecular weight excluding hydrogens is 382 g/mol. The maximum absolute atomic E-state index is 5.78. The molecule has 2 aromatic rings. The Labute approximate surface area is 146 Å². The summed E-state index contributed by atoms with van der Waals surface area (Å²) in [5.74, 6) is 0.716. The van der Waals surface area contributed by atoms with Crippen LogP contribution in [0, 0.1) is 6.92 Å². The van der Waals surface area contributed by atoms with Crippen molar-refractivity contribution in [1.82, 2.24) is 4.98 Å². The van der Waals surface area contributed by atoms with E-state index >= 15 is 0 Å². The van der Waals surface area contributed by atoms with Crippen molar-refractivity contribution in [3.05, 3.63) is 39.3 Å². The number of thiazole rings is 1. The Morgan fingerprint density at radius 3 is 3.04 bits per heavy atom. The number of benzene rings is 1. The Morgan fingerprint density at radius 2 is 2.30 bits per heavy atom. The van der Waals surface area contributed by atoms with E-state index in [9.17, 15) is 0 Å². The second-order valence-corrected chi connectivity index (χ2v) is 6.60. The molecule has 1 aromatic heterocycles. The fraction of sp³-hybridized carbons (Fsp3) is 0.333.